The van der Waals surface area contributed by atoms with E-state index in [9.17, 15) is 19.5 Å². The predicted octanol–water partition coefficient (Wildman–Crippen LogP) is 4.84. The van der Waals surface area contributed by atoms with Crippen molar-refractivity contribution in [2.24, 2.45) is 0 Å². The number of aliphatic hydroxyl groups is 1. The quantitative estimate of drug-likeness (QED) is 0.405. The van der Waals surface area contributed by atoms with Crippen molar-refractivity contribution >= 4 is 29.1 Å². The Morgan fingerprint density at radius 3 is 2.21 bits per heavy atom. The number of aliphatic hydroxyl groups excluding tert-OH is 1. The van der Waals surface area contributed by atoms with Gasteiger partial charge in [0.1, 0.15) is 0 Å². The van der Waals surface area contributed by atoms with Crippen LogP contribution in [-0.2, 0) is 0 Å². The number of anilines is 2. The van der Waals surface area contributed by atoms with Crippen molar-refractivity contribution in [1.29, 1.82) is 0 Å². The first-order valence-corrected chi connectivity index (χ1v) is 13.0. The molecule has 2 N–H and O–H groups in total. The number of para-hydroxylation sites is 1. The minimum atomic E-state index is -0.601. The topological polar surface area (TPSA) is 89.9 Å². The van der Waals surface area contributed by atoms with Gasteiger partial charge in [0.15, 0.2) is 0 Å². The molecule has 6 rings (SSSR count). The molecule has 0 radical (unpaired) electrons. The Morgan fingerprint density at radius 1 is 0.769 bits per heavy atom. The minimum absolute atomic E-state index is 0.170. The van der Waals surface area contributed by atoms with E-state index < -0.39 is 6.10 Å². The fraction of sp³-hybridized carbons (Fsp3) is 0.156. The number of fused-ring (bicyclic) bond motifs is 2. The molecule has 7 nitrogen and oxygen atoms in total. The van der Waals surface area contributed by atoms with Crippen molar-refractivity contribution in [3.05, 3.63) is 120 Å². The normalized spacial score (nSPS) is 18.2. The van der Waals surface area contributed by atoms with Crippen LogP contribution in [0.25, 0.3) is 11.1 Å². The summed E-state index contributed by atoms with van der Waals surface area (Å²) in [6.45, 7) is 0.565. The lowest BCUT2D eigenvalue weighted by Gasteiger charge is -2.26. The van der Waals surface area contributed by atoms with Gasteiger partial charge in [-0.2, -0.15) is 0 Å². The van der Waals surface area contributed by atoms with Gasteiger partial charge in [0.2, 0.25) is 0 Å². The highest BCUT2D eigenvalue weighted by Gasteiger charge is 2.41. The number of rotatable bonds is 4. The molecule has 0 saturated carbocycles. The number of nitrogens with one attached hydrogen (secondary N) is 1. The van der Waals surface area contributed by atoms with Crippen LogP contribution in [0, 0.1) is 0 Å². The van der Waals surface area contributed by atoms with E-state index >= 15 is 0 Å². The molecule has 4 aromatic carbocycles. The van der Waals surface area contributed by atoms with Crippen LogP contribution in [0.2, 0.25) is 0 Å². The zero-order valence-corrected chi connectivity index (χ0v) is 21.2. The fourth-order valence-corrected chi connectivity index (χ4v) is 5.46. The lowest BCUT2D eigenvalue weighted by molar-refractivity contribution is 0.0724. The van der Waals surface area contributed by atoms with Gasteiger partial charge in [0.25, 0.3) is 17.7 Å². The second-order valence-electron chi connectivity index (χ2n) is 9.88. The zero-order chi connectivity index (χ0) is 26.9. The van der Waals surface area contributed by atoms with Crippen LogP contribution in [0.1, 0.15) is 37.5 Å². The van der Waals surface area contributed by atoms with E-state index in [4.69, 9.17) is 0 Å². The maximum Gasteiger partial charge on any atom is 0.258 e. The standard InChI is InChI=1S/C32H27N3O4/c36-25-18-24-19-35(29-13-7-6-12-28(29)32(39)34(24)20-25)31(38)22-14-16-23(17-15-22)33-30(37)27-11-5-4-10-26(27)21-8-2-1-3-9-21/h1-17,24-25,36H,18-20H2,(H,33,37)/t24-,25+/m1/s1. The number of carbonyl (C=O) groups excluding carboxylic acids is 3. The lowest BCUT2D eigenvalue weighted by Crippen LogP contribution is -2.42. The van der Waals surface area contributed by atoms with Crippen molar-refractivity contribution in [2.45, 2.75) is 18.6 Å². The fourth-order valence-electron chi connectivity index (χ4n) is 5.46. The molecule has 0 aromatic heterocycles. The van der Waals surface area contributed by atoms with Gasteiger partial charge in [-0.1, -0.05) is 60.7 Å². The molecule has 0 bridgehead atoms. The van der Waals surface area contributed by atoms with E-state index in [1.807, 2.05) is 54.6 Å². The molecular weight excluding hydrogens is 490 g/mol. The monoisotopic (exact) mass is 517 g/mol. The van der Waals surface area contributed by atoms with E-state index in [2.05, 4.69) is 5.32 Å². The van der Waals surface area contributed by atoms with E-state index in [-0.39, 0.29) is 30.3 Å². The first-order valence-electron chi connectivity index (χ1n) is 13.0. The minimum Gasteiger partial charge on any atom is -0.391 e. The van der Waals surface area contributed by atoms with Crippen LogP contribution in [0.3, 0.4) is 0 Å². The third-order valence-corrected chi connectivity index (χ3v) is 7.36. The van der Waals surface area contributed by atoms with Crippen LogP contribution in [0.4, 0.5) is 11.4 Å². The summed E-state index contributed by atoms with van der Waals surface area (Å²) in [4.78, 5) is 43.3. The molecule has 0 spiro atoms. The predicted molar refractivity (Wildman–Crippen MR) is 150 cm³/mol. The van der Waals surface area contributed by atoms with Crippen LogP contribution < -0.4 is 10.2 Å². The summed E-state index contributed by atoms with van der Waals surface area (Å²) in [6.07, 6.45) is -0.171. The van der Waals surface area contributed by atoms with Crippen LogP contribution in [0.5, 0.6) is 0 Å². The molecule has 1 fully saturated rings. The summed E-state index contributed by atoms with van der Waals surface area (Å²) in [5.74, 6) is -0.657. The third kappa shape index (κ3) is 4.69. The smallest absolute Gasteiger partial charge is 0.258 e. The molecule has 4 aromatic rings. The molecule has 2 atom stereocenters. The maximum atomic E-state index is 13.7. The van der Waals surface area contributed by atoms with E-state index in [0.29, 0.717) is 41.0 Å². The molecule has 39 heavy (non-hydrogen) atoms. The summed E-state index contributed by atoms with van der Waals surface area (Å²) in [5.41, 5.74) is 4.35. The van der Waals surface area contributed by atoms with Gasteiger partial charge in [0, 0.05) is 29.9 Å². The molecule has 7 heteroatoms. The van der Waals surface area contributed by atoms with E-state index in [0.717, 1.165) is 11.1 Å². The van der Waals surface area contributed by atoms with Gasteiger partial charge < -0.3 is 20.2 Å². The highest BCUT2D eigenvalue weighted by Crippen LogP contribution is 2.33. The molecule has 3 amide bonds. The Kier molecular flexibility index (Phi) is 6.42. The Morgan fingerprint density at radius 2 is 1.44 bits per heavy atom. The van der Waals surface area contributed by atoms with E-state index in [1.54, 1.807) is 58.3 Å². The summed E-state index contributed by atoms with van der Waals surface area (Å²) in [6, 6.07) is 30.8. The Hall–Kier alpha value is -4.75. The van der Waals surface area contributed by atoms with Crippen molar-refractivity contribution < 1.29 is 19.5 Å². The first kappa shape index (κ1) is 24.6. The van der Waals surface area contributed by atoms with Crippen molar-refractivity contribution in [3.63, 3.8) is 0 Å². The Labute approximate surface area is 226 Å². The summed E-state index contributed by atoms with van der Waals surface area (Å²) in [7, 11) is 0. The van der Waals surface area contributed by atoms with Gasteiger partial charge in [0.05, 0.1) is 23.4 Å². The number of carbonyl (C=O) groups is 3. The Bertz CT molecular complexity index is 1550. The van der Waals surface area contributed by atoms with Gasteiger partial charge >= 0.3 is 0 Å². The second kappa shape index (κ2) is 10.2. The van der Waals surface area contributed by atoms with Gasteiger partial charge in [-0.15, -0.1) is 0 Å². The van der Waals surface area contributed by atoms with Gasteiger partial charge in [-0.3, -0.25) is 14.4 Å². The average Bonchev–Trinajstić information content (AvgIpc) is 3.31. The van der Waals surface area contributed by atoms with Crippen molar-refractivity contribution in [1.82, 2.24) is 4.90 Å². The number of nitrogens with zero attached hydrogens (tertiary/aromatic N) is 2. The molecule has 2 aliphatic rings. The number of amides is 3. The summed E-state index contributed by atoms with van der Waals surface area (Å²) in [5, 5.41) is 13.1. The molecule has 0 unspecified atom stereocenters. The van der Waals surface area contributed by atoms with Gasteiger partial charge in [-0.25, -0.2) is 0 Å². The highest BCUT2D eigenvalue weighted by atomic mass is 16.3. The SMILES string of the molecule is O=C(Nc1ccc(C(=O)N2C[C@H]3C[C@H](O)CN3C(=O)c3ccccc32)cc1)c1ccccc1-c1ccccc1. The second-order valence-corrected chi connectivity index (χ2v) is 9.88. The molecule has 0 aliphatic carbocycles. The van der Waals surface area contributed by atoms with Crippen LogP contribution >= 0.6 is 0 Å². The maximum absolute atomic E-state index is 13.7. The van der Waals surface area contributed by atoms with Crippen LogP contribution in [-0.4, -0.2) is 53.0 Å². The molecule has 1 saturated heterocycles. The van der Waals surface area contributed by atoms with E-state index in [1.165, 1.54) is 0 Å². The Balaban J connectivity index is 1.24. The lowest BCUT2D eigenvalue weighted by atomic mass is 9.99. The van der Waals surface area contributed by atoms with Crippen molar-refractivity contribution in [3.8, 4) is 11.1 Å². The molecule has 2 heterocycles. The number of benzene rings is 4. The third-order valence-electron chi connectivity index (χ3n) is 7.36. The van der Waals surface area contributed by atoms with Crippen molar-refractivity contribution in [2.75, 3.05) is 23.3 Å². The van der Waals surface area contributed by atoms with Crippen LogP contribution in [0.15, 0.2) is 103 Å². The molecule has 194 valence electrons. The molecule has 2 aliphatic heterocycles. The van der Waals surface area contributed by atoms with Gasteiger partial charge in [-0.05, 0) is 60.0 Å². The number of hydrogen-bond donors (Lipinski definition) is 2. The largest absolute Gasteiger partial charge is 0.391 e. The molecular formula is C32H27N3O4. The number of hydrogen-bond acceptors (Lipinski definition) is 4. The summed E-state index contributed by atoms with van der Waals surface area (Å²) >= 11 is 0. The average molecular weight is 518 g/mol. The first-order chi connectivity index (χ1) is 19.0. The highest BCUT2D eigenvalue weighted by molar-refractivity contribution is 6.12. The zero-order valence-electron chi connectivity index (χ0n) is 21.2. The summed E-state index contributed by atoms with van der Waals surface area (Å²) < 4.78 is 0.